The standard InChI is InChI=1S/C23H31N5O4S/c1-15-9-10-18(17(13-15)20(29)16-7-5-6-8-16)25-21(30)26-22-24-14-19(33-22)28(4)23(31)32-12-11-27(2)3/h9-10,13-14,16H,5-8,11-12H2,1-4H3,(H2,24,25,26,30). The van der Waals surface area contributed by atoms with Gasteiger partial charge in [-0.1, -0.05) is 35.8 Å². The predicted molar refractivity (Wildman–Crippen MR) is 131 cm³/mol. The second kappa shape index (κ2) is 11.2. The molecule has 2 aromatic rings. The van der Waals surface area contributed by atoms with Gasteiger partial charge in [0.1, 0.15) is 11.6 Å². The Morgan fingerprint density at radius 2 is 1.88 bits per heavy atom. The quantitative estimate of drug-likeness (QED) is 0.543. The molecule has 2 N–H and O–H groups in total. The summed E-state index contributed by atoms with van der Waals surface area (Å²) in [6, 6.07) is 4.94. The number of aryl methyl sites for hydroxylation is 1. The van der Waals surface area contributed by atoms with Gasteiger partial charge in [-0.25, -0.2) is 14.6 Å². The molecule has 0 saturated heterocycles. The summed E-state index contributed by atoms with van der Waals surface area (Å²) in [6.07, 6.45) is 4.92. The predicted octanol–water partition coefficient (Wildman–Crippen LogP) is 4.60. The van der Waals surface area contributed by atoms with Crippen molar-refractivity contribution >= 4 is 45.1 Å². The van der Waals surface area contributed by atoms with Gasteiger partial charge in [0, 0.05) is 25.1 Å². The minimum Gasteiger partial charge on any atom is -0.448 e. The Balaban J connectivity index is 1.61. The topological polar surface area (TPSA) is 104 Å². The summed E-state index contributed by atoms with van der Waals surface area (Å²) in [5.74, 6) is 0.0994. The minimum atomic E-state index is -0.503. The number of urea groups is 1. The number of hydrogen-bond donors (Lipinski definition) is 2. The zero-order valence-electron chi connectivity index (χ0n) is 19.5. The maximum absolute atomic E-state index is 13.0. The van der Waals surface area contributed by atoms with Crippen LogP contribution in [0.3, 0.4) is 0 Å². The maximum Gasteiger partial charge on any atom is 0.414 e. The van der Waals surface area contributed by atoms with Crippen molar-refractivity contribution in [1.82, 2.24) is 9.88 Å². The van der Waals surface area contributed by atoms with Crippen LogP contribution in [0, 0.1) is 12.8 Å². The molecule has 1 saturated carbocycles. The number of likely N-dealkylation sites (N-methyl/N-ethyl adjacent to an activating group) is 1. The molecule has 1 fully saturated rings. The first-order valence-corrected chi connectivity index (χ1v) is 11.8. The summed E-state index contributed by atoms with van der Waals surface area (Å²) in [6.45, 7) is 2.83. The van der Waals surface area contributed by atoms with E-state index in [9.17, 15) is 14.4 Å². The lowest BCUT2D eigenvalue weighted by atomic mass is 9.94. The first kappa shape index (κ1) is 24.7. The largest absolute Gasteiger partial charge is 0.448 e. The van der Waals surface area contributed by atoms with Crippen LogP contribution >= 0.6 is 11.3 Å². The molecule has 0 aliphatic heterocycles. The number of ketones is 1. The molecule has 33 heavy (non-hydrogen) atoms. The first-order chi connectivity index (χ1) is 15.7. The average Bonchev–Trinajstić information content (AvgIpc) is 3.46. The molecule has 1 heterocycles. The van der Waals surface area contributed by atoms with Crippen LogP contribution < -0.4 is 15.5 Å². The Labute approximate surface area is 198 Å². The van der Waals surface area contributed by atoms with Gasteiger partial charge in [0.05, 0.1) is 11.9 Å². The summed E-state index contributed by atoms with van der Waals surface area (Å²) in [4.78, 5) is 45.2. The molecule has 1 aromatic heterocycles. The number of carbonyl (C=O) groups excluding carboxylic acids is 3. The van der Waals surface area contributed by atoms with Gasteiger partial charge in [-0.2, -0.15) is 0 Å². The summed E-state index contributed by atoms with van der Waals surface area (Å²) in [5.41, 5.74) is 1.98. The normalized spacial score (nSPS) is 13.7. The van der Waals surface area contributed by atoms with Crippen molar-refractivity contribution in [1.29, 1.82) is 0 Å². The highest BCUT2D eigenvalue weighted by Gasteiger charge is 2.26. The third-order valence-corrected chi connectivity index (χ3v) is 6.49. The molecular formula is C23H31N5O4S. The molecule has 0 unspecified atom stereocenters. The molecule has 0 spiro atoms. The van der Waals surface area contributed by atoms with Crippen LogP contribution in [0.4, 0.5) is 25.4 Å². The number of carbonyl (C=O) groups is 3. The second-order valence-corrected chi connectivity index (χ2v) is 9.46. The number of rotatable bonds is 8. The Kier molecular flexibility index (Phi) is 8.40. The zero-order valence-corrected chi connectivity index (χ0v) is 20.3. The number of anilines is 3. The van der Waals surface area contributed by atoms with Crippen LogP contribution in [0.5, 0.6) is 0 Å². The summed E-state index contributed by atoms with van der Waals surface area (Å²) in [7, 11) is 5.38. The molecule has 0 radical (unpaired) electrons. The highest BCUT2D eigenvalue weighted by molar-refractivity contribution is 7.19. The van der Waals surface area contributed by atoms with Gasteiger partial charge in [-0.3, -0.25) is 15.0 Å². The molecule has 3 amide bonds. The van der Waals surface area contributed by atoms with Crippen molar-refractivity contribution in [2.75, 3.05) is 49.8 Å². The molecule has 0 bridgehead atoms. The Morgan fingerprint density at radius 1 is 1.15 bits per heavy atom. The number of thiazole rings is 1. The van der Waals surface area contributed by atoms with Crippen LogP contribution in [-0.4, -0.2) is 62.1 Å². The van der Waals surface area contributed by atoms with Crippen molar-refractivity contribution < 1.29 is 19.1 Å². The Bertz CT molecular complexity index is 1000. The van der Waals surface area contributed by atoms with Gasteiger partial charge in [-0.15, -0.1) is 0 Å². The molecule has 9 nitrogen and oxygen atoms in total. The van der Waals surface area contributed by atoms with Crippen LogP contribution in [-0.2, 0) is 4.74 Å². The van der Waals surface area contributed by atoms with Gasteiger partial charge in [0.15, 0.2) is 10.9 Å². The van der Waals surface area contributed by atoms with Crippen LogP contribution in [0.2, 0.25) is 0 Å². The van der Waals surface area contributed by atoms with Crippen LogP contribution in [0.1, 0.15) is 41.6 Å². The number of nitrogens with zero attached hydrogens (tertiary/aromatic N) is 3. The van der Waals surface area contributed by atoms with Crippen molar-refractivity contribution in [2.45, 2.75) is 32.6 Å². The molecule has 0 atom stereocenters. The van der Waals surface area contributed by atoms with Crippen molar-refractivity contribution in [3.05, 3.63) is 35.5 Å². The number of benzene rings is 1. The van der Waals surface area contributed by atoms with E-state index in [0.717, 1.165) is 42.6 Å². The molecule has 10 heteroatoms. The lowest BCUT2D eigenvalue weighted by Crippen LogP contribution is -2.29. The van der Waals surface area contributed by atoms with E-state index in [2.05, 4.69) is 15.6 Å². The monoisotopic (exact) mass is 473 g/mol. The van der Waals surface area contributed by atoms with E-state index in [4.69, 9.17) is 4.74 Å². The maximum atomic E-state index is 13.0. The zero-order chi connectivity index (χ0) is 24.0. The molecule has 1 aromatic carbocycles. The molecule has 1 aliphatic carbocycles. The molecular weight excluding hydrogens is 442 g/mol. The number of Topliss-reactive ketones (excluding diaryl/α,β-unsaturated/α-hetero) is 1. The van der Waals surface area contributed by atoms with E-state index >= 15 is 0 Å². The highest BCUT2D eigenvalue weighted by atomic mass is 32.1. The Morgan fingerprint density at radius 3 is 2.58 bits per heavy atom. The fourth-order valence-corrected chi connectivity index (χ4v) is 4.37. The van der Waals surface area contributed by atoms with E-state index in [-0.39, 0.29) is 18.3 Å². The lowest BCUT2D eigenvalue weighted by Gasteiger charge is -2.16. The van der Waals surface area contributed by atoms with Crippen molar-refractivity contribution in [3.8, 4) is 0 Å². The smallest absolute Gasteiger partial charge is 0.414 e. The van der Waals surface area contributed by atoms with Gasteiger partial charge < -0.3 is 15.0 Å². The summed E-state index contributed by atoms with van der Waals surface area (Å²) >= 11 is 1.15. The van der Waals surface area contributed by atoms with Gasteiger partial charge in [0.25, 0.3) is 0 Å². The van der Waals surface area contributed by atoms with E-state index in [0.29, 0.717) is 27.9 Å². The van der Waals surface area contributed by atoms with E-state index in [1.807, 2.05) is 38.1 Å². The fourth-order valence-electron chi connectivity index (χ4n) is 3.61. The number of aromatic nitrogens is 1. The highest BCUT2D eigenvalue weighted by Crippen LogP contribution is 2.31. The molecule has 1 aliphatic rings. The molecule has 3 rings (SSSR count). The Hall–Kier alpha value is -2.98. The van der Waals surface area contributed by atoms with Gasteiger partial charge in [0.2, 0.25) is 0 Å². The summed E-state index contributed by atoms with van der Waals surface area (Å²) < 4.78 is 5.22. The summed E-state index contributed by atoms with van der Waals surface area (Å²) in [5, 5.41) is 6.31. The third-order valence-electron chi connectivity index (χ3n) is 5.50. The van der Waals surface area contributed by atoms with Gasteiger partial charge in [-0.05, 0) is 46.0 Å². The SMILES string of the molecule is Cc1ccc(NC(=O)Nc2ncc(N(C)C(=O)OCCN(C)C)s2)c(C(=O)C2CCCC2)c1. The average molecular weight is 474 g/mol. The molecule has 178 valence electrons. The van der Waals surface area contributed by atoms with Crippen LogP contribution in [0.15, 0.2) is 24.4 Å². The lowest BCUT2D eigenvalue weighted by molar-refractivity contribution is 0.0923. The number of nitrogens with one attached hydrogen (secondary N) is 2. The fraction of sp³-hybridized carbons (Fsp3) is 0.478. The van der Waals surface area contributed by atoms with E-state index in [1.165, 1.54) is 11.1 Å². The number of hydrogen-bond acceptors (Lipinski definition) is 7. The second-order valence-electron chi connectivity index (χ2n) is 8.45. The third kappa shape index (κ3) is 6.75. The van der Waals surface area contributed by atoms with Gasteiger partial charge >= 0.3 is 12.1 Å². The van der Waals surface area contributed by atoms with Crippen LogP contribution in [0.25, 0.3) is 0 Å². The van der Waals surface area contributed by atoms with E-state index < -0.39 is 12.1 Å². The number of ether oxygens (including phenoxy) is 1. The van der Waals surface area contributed by atoms with Crippen molar-refractivity contribution in [2.24, 2.45) is 5.92 Å². The van der Waals surface area contributed by atoms with E-state index in [1.54, 1.807) is 13.1 Å². The number of amides is 3. The van der Waals surface area contributed by atoms with Crippen molar-refractivity contribution in [3.63, 3.8) is 0 Å². The first-order valence-electron chi connectivity index (χ1n) is 11.0. The minimum absolute atomic E-state index is 0.0185.